The van der Waals surface area contributed by atoms with E-state index in [0.717, 1.165) is 4.88 Å². The molecule has 0 aromatic carbocycles. The Kier molecular flexibility index (Phi) is 3.89. The van der Waals surface area contributed by atoms with Crippen LogP contribution in [0.2, 0.25) is 0 Å². The van der Waals surface area contributed by atoms with Crippen LogP contribution in [0.5, 0.6) is 0 Å². The SMILES string of the molecule is CC(C)c1cnc(NC(=O)Cc2cn3cc(F)ccc3n2)s1. The van der Waals surface area contributed by atoms with Crippen molar-refractivity contribution < 1.29 is 9.18 Å². The van der Waals surface area contributed by atoms with E-state index in [4.69, 9.17) is 0 Å². The standard InChI is InChI=1S/C15H15FN4OS/c1-9(2)12-6-17-15(22-12)19-14(21)5-11-8-20-7-10(16)3-4-13(20)18-11/h3-4,6-9H,5H2,1-2H3,(H,17,19,21). The molecule has 3 heterocycles. The number of pyridine rings is 1. The van der Waals surface area contributed by atoms with E-state index >= 15 is 0 Å². The number of carbonyl (C=O) groups excluding carboxylic acids is 1. The van der Waals surface area contributed by atoms with Crippen LogP contribution < -0.4 is 5.32 Å². The number of halogens is 1. The van der Waals surface area contributed by atoms with Crippen LogP contribution in [-0.4, -0.2) is 20.3 Å². The summed E-state index contributed by atoms with van der Waals surface area (Å²) in [5, 5.41) is 3.35. The summed E-state index contributed by atoms with van der Waals surface area (Å²) < 4.78 is 14.7. The van der Waals surface area contributed by atoms with E-state index in [0.29, 0.717) is 22.4 Å². The Bertz CT molecular complexity index is 824. The average Bonchev–Trinajstić information content (AvgIpc) is 3.04. The third-order valence-corrected chi connectivity index (χ3v) is 4.36. The molecule has 1 N–H and O–H groups in total. The van der Waals surface area contributed by atoms with Gasteiger partial charge in [-0.25, -0.2) is 14.4 Å². The highest BCUT2D eigenvalue weighted by Crippen LogP contribution is 2.25. The number of hydrogen-bond acceptors (Lipinski definition) is 4. The topological polar surface area (TPSA) is 59.3 Å². The monoisotopic (exact) mass is 318 g/mol. The molecule has 0 aliphatic rings. The molecule has 0 atom stereocenters. The minimum Gasteiger partial charge on any atom is -0.304 e. The second-order valence-electron chi connectivity index (χ2n) is 5.29. The molecule has 3 aromatic heterocycles. The van der Waals surface area contributed by atoms with E-state index in [9.17, 15) is 9.18 Å². The van der Waals surface area contributed by atoms with Gasteiger partial charge in [-0.15, -0.1) is 11.3 Å². The molecular formula is C15H15FN4OS. The highest BCUT2D eigenvalue weighted by molar-refractivity contribution is 7.15. The Morgan fingerprint density at radius 2 is 2.23 bits per heavy atom. The van der Waals surface area contributed by atoms with Crippen LogP contribution in [0.3, 0.4) is 0 Å². The molecule has 0 aliphatic carbocycles. The number of nitrogens with zero attached hydrogens (tertiary/aromatic N) is 3. The molecule has 0 saturated carbocycles. The summed E-state index contributed by atoms with van der Waals surface area (Å²) in [6.45, 7) is 4.16. The van der Waals surface area contributed by atoms with E-state index in [-0.39, 0.29) is 18.1 Å². The van der Waals surface area contributed by atoms with Gasteiger partial charge in [-0.05, 0) is 18.1 Å². The molecule has 0 aliphatic heterocycles. The van der Waals surface area contributed by atoms with Gasteiger partial charge in [0.05, 0.1) is 12.1 Å². The quantitative estimate of drug-likeness (QED) is 0.803. The second-order valence-corrected chi connectivity index (χ2v) is 6.35. The third kappa shape index (κ3) is 3.14. The smallest absolute Gasteiger partial charge is 0.232 e. The number of aromatic nitrogens is 3. The number of carbonyl (C=O) groups is 1. The van der Waals surface area contributed by atoms with Crippen LogP contribution in [0.4, 0.5) is 9.52 Å². The van der Waals surface area contributed by atoms with Gasteiger partial charge in [0, 0.05) is 23.5 Å². The normalized spacial score (nSPS) is 11.3. The van der Waals surface area contributed by atoms with Crippen LogP contribution in [0.25, 0.3) is 5.65 Å². The zero-order valence-corrected chi connectivity index (χ0v) is 13.0. The Morgan fingerprint density at radius 1 is 1.41 bits per heavy atom. The van der Waals surface area contributed by atoms with Crippen LogP contribution >= 0.6 is 11.3 Å². The van der Waals surface area contributed by atoms with Gasteiger partial charge in [0.1, 0.15) is 11.5 Å². The maximum Gasteiger partial charge on any atom is 0.232 e. The first kappa shape index (κ1) is 14.6. The molecule has 114 valence electrons. The first-order valence-corrected chi connectivity index (χ1v) is 7.71. The zero-order chi connectivity index (χ0) is 15.7. The molecular weight excluding hydrogens is 303 g/mol. The highest BCUT2D eigenvalue weighted by atomic mass is 32.1. The molecule has 0 fully saturated rings. The number of rotatable bonds is 4. The highest BCUT2D eigenvalue weighted by Gasteiger charge is 2.11. The van der Waals surface area contributed by atoms with Gasteiger partial charge in [-0.2, -0.15) is 0 Å². The molecule has 0 saturated heterocycles. The summed E-state index contributed by atoms with van der Waals surface area (Å²) >= 11 is 1.47. The zero-order valence-electron chi connectivity index (χ0n) is 12.2. The van der Waals surface area contributed by atoms with Crippen LogP contribution in [0.1, 0.15) is 30.3 Å². The number of imidazole rings is 1. The van der Waals surface area contributed by atoms with Crippen LogP contribution in [-0.2, 0) is 11.2 Å². The van der Waals surface area contributed by atoms with Crippen molar-refractivity contribution in [3.63, 3.8) is 0 Å². The van der Waals surface area contributed by atoms with Crippen LogP contribution in [0, 0.1) is 5.82 Å². The Morgan fingerprint density at radius 3 is 2.95 bits per heavy atom. The fraction of sp³-hybridized carbons (Fsp3) is 0.267. The average molecular weight is 318 g/mol. The molecule has 7 heteroatoms. The molecule has 1 amide bonds. The Hall–Kier alpha value is -2.28. The number of nitrogens with one attached hydrogen (secondary N) is 1. The summed E-state index contributed by atoms with van der Waals surface area (Å²) in [6.07, 6.45) is 4.89. The fourth-order valence-electron chi connectivity index (χ4n) is 2.04. The first-order chi connectivity index (χ1) is 10.5. The molecule has 3 rings (SSSR count). The van der Waals surface area contributed by atoms with Gasteiger partial charge in [-0.1, -0.05) is 13.8 Å². The number of fused-ring (bicyclic) bond motifs is 1. The number of thiazole rings is 1. The molecule has 0 unspecified atom stereocenters. The summed E-state index contributed by atoms with van der Waals surface area (Å²) in [5.74, 6) is -0.144. The van der Waals surface area contributed by atoms with Crippen molar-refractivity contribution in [1.82, 2.24) is 14.4 Å². The maximum absolute atomic E-state index is 13.1. The maximum atomic E-state index is 13.1. The lowest BCUT2D eigenvalue weighted by molar-refractivity contribution is -0.115. The summed E-state index contributed by atoms with van der Waals surface area (Å²) in [4.78, 5) is 21.6. The summed E-state index contributed by atoms with van der Waals surface area (Å²) in [5.41, 5.74) is 1.20. The number of amides is 1. The van der Waals surface area contributed by atoms with Gasteiger partial charge in [0.2, 0.25) is 5.91 Å². The predicted octanol–water partition coefficient (Wildman–Crippen LogP) is 3.23. The predicted molar refractivity (Wildman–Crippen MR) is 83.7 cm³/mol. The van der Waals surface area contributed by atoms with E-state index in [1.165, 1.54) is 23.6 Å². The van der Waals surface area contributed by atoms with Crippen molar-refractivity contribution in [3.8, 4) is 0 Å². The number of hydrogen-bond donors (Lipinski definition) is 1. The third-order valence-electron chi connectivity index (χ3n) is 3.15. The minimum atomic E-state index is -0.343. The largest absolute Gasteiger partial charge is 0.304 e. The molecule has 0 spiro atoms. The molecule has 22 heavy (non-hydrogen) atoms. The summed E-state index contributed by atoms with van der Waals surface area (Å²) in [7, 11) is 0. The lowest BCUT2D eigenvalue weighted by atomic mass is 10.2. The van der Waals surface area contributed by atoms with Crippen molar-refractivity contribution in [3.05, 3.63) is 47.1 Å². The van der Waals surface area contributed by atoms with E-state index in [1.807, 2.05) is 0 Å². The van der Waals surface area contributed by atoms with E-state index in [1.54, 1.807) is 22.9 Å². The molecule has 0 radical (unpaired) electrons. The van der Waals surface area contributed by atoms with Gasteiger partial charge >= 0.3 is 0 Å². The lowest BCUT2D eigenvalue weighted by Gasteiger charge is -1.99. The lowest BCUT2D eigenvalue weighted by Crippen LogP contribution is -2.14. The van der Waals surface area contributed by atoms with E-state index < -0.39 is 0 Å². The fourth-order valence-corrected chi connectivity index (χ4v) is 2.88. The van der Waals surface area contributed by atoms with Crippen molar-refractivity contribution in [1.29, 1.82) is 0 Å². The van der Waals surface area contributed by atoms with Crippen molar-refractivity contribution >= 4 is 28.0 Å². The molecule has 5 nitrogen and oxygen atoms in total. The van der Waals surface area contributed by atoms with Gasteiger partial charge in [-0.3, -0.25) is 4.79 Å². The van der Waals surface area contributed by atoms with Crippen molar-refractivity contribution in [2.45, 2.75) is 26.2 Å². The van der Waals surface area contributed by atoms with Gasteiger partial charge in [0.25, 0.3) is 0 Å². The number of anilines is 1. The van der Waals surface area contributed by atoms with Crippen molar-refractivity contribution in [2.24, 2.45) is 0 Å². The van der Waals surface area contributed by atoms with Crippen molar-refractivity contribution in [2.75, 3.05) is 5.32 Å². The molecule has 3 aromatic rings. The van der Waals surface area contributed by atoms with Crippen LogP contribution in [0.15, 0.2) is 30.7 Å². The second kappa shape index (κ2) is 5.84. The summed E-state index contributed by atoms with van der Waals surface area (Å²) in [6, 6.07) is 2.92. The van der Waals surface area contributed by atoms with Gasteiger partial charge in [0.15, 0.2) is 5.13 Å². The molecule has 0 bridgehead atoms. The van der Waals surface area contributed by atoms with E-state index in [2.05, 4.69) is 29.1 Å². The Balaban J connectivity index is 1.69. The first-order valence-electron chi connectivity index (χ1n) is 6.90. The Labute approximate surface area is 130 Å². The minimum absolute atomic E-state index is 0.125. The van der Waals surface area contributed by atoms with Gasteiger partial charge < -0.3 is 9.72 Å².